The predicted molar refractivity (Wildman–Crippen MR) is 58.8 cm³/mol. The van der Waals surface area contributed by atoms with Gasteiger partial charge in [0.15, 0.2) is 0 Å². The molecule has 0 unspecified atom stereocenters. The van der Waals surface area contributed by atoms with Crippen LogP contribution in [0.5, 0.6) is 0 Å². The lowest BCUT2D eigenvalue weighted by molar-refractivity contribution is -0.120. The Balaban J connectivity index is 4.29. The van der Waals surface area contributed by atoms with Crippen molar-refractivity contribution in [2.24, 2.45) is 5.73 Å². The largest absolute Gasteiger partial charge is 0.394 e. The minimum Gasteiger partial charge on any atom is -0.394 e. The van der Waals surface area contributed by atoms with E-state index in [0.29, 0.717) is 0 Å². The Morgan fingerprint density at radius 3 is 1.93 bits per heavy atom. The van der Waals surface area contributed by atoms with E-state index in [1.165, 1.54) is 0 Å². The highest BCUT2D eigenvalue weighted by atomic mass is 16.2. The predicted octanol–water partition coefficient (Wildman–Crippen LogP) is -0.122. The van der Waals surface area contributed by atoms with Gasteiger partial charge in [0.2, 0.25) is 5.91 Å². The standard InChI is InChI=1S/C10H19N3O2/c1-6(2)12-9(14)5-8(11)10(15)13-7(3)4/h5-7H,11H2,1-4H3,(H,12,14)(H,13,15)/b8-5-. The average Bonchev–Trinajstić information content (AvgIpc) is 2.00. The first-order valence-corrected chi connectivity index (χ1v) is 4.91. The molecule has 0 atom stereocenters. The number of carbonyl (C=O) groups is 2. The van der Waals surface area contributed by atoms with E-state index in [1.807, 2.05) is 27.7 Å². The first-order chi connectivity index (χ1) is 6.82. The summed E-state index contributed by atoms with van der Waals surface area (Å²) in [4.78, 5) is 22.5. The van der Waals surface area contributed by atoms with Crippen molar-refractivity contribution in [2.75, 3.05) is 0 Å². The molecule has 0 aliphatic carbocycles. The Bertz CT molecular complexity index is 270. The van der Waals surface area contributed by atoms with Crippen LogP contribution in [-0.4, -0.2) is 23.9 Å². The molecular formula is C10H19N3O2. The SMILES string of the molecule is CC(C)NC(=O)/C=C(\N)C(=O)NC(C)C. The Morgan fingerprint density at radius 1 is 1.07 bits per heavy atom. The first-order valence-electron chi connectivity index (χ1n) is 4.91. The van der Waals surface area contributed by atoms with Gasteiger partial charge in [0.25, 0.3) is 5.91 Å². The monoisotopic (exact) mass is 213 g/mol. The van der Waals surface area contributed by atoms with E-state index in [2.05, 4.69) is 10.6 Å². The van der Waals surface area contributed by atoms with Gasteiger partial charge in [-0.05, 0) is 27.7 Å². The van der Waals surface area contributed by atoms with E-state index in [4.69, 9.17) is 5.73 Å². The van der Waals surface area contributed by atoms with Crippen LogP contribution in [0.2, 0.25) is 0 Å². The minimum absolute atomic E-state index is 0.00221. The zero-order valence-electron chi connectivity index (χ0n) is 9.63. The smallest absolute Gasteiger partial charge is 0.267 e. The molecule has 0 saturated heterocycles. The van der Waals surface area contributed by atoms with Gasteiger partial charge in [-0.2, -0.15) is 0 Å². The van der Waals surface area contributed by atoms with Gasteiger partial charge in [0, 0.05) is 18.2 Å². The van der Waals surface area contributed by atoms with Gasteiger partial charge in [-0.15, -0.1) is 0 Å². The van der Waals surface area contributed by atoms with E-state index in [9.17, 15) is 9.59 Å². The van der Waals surface area contributed by atoms with Crippen LogP contribution in [0.1, 0.15) is 27.7 Å². The van der Waals surface area contributed by atoms with Crippen molar-refractivity contribution >= 4 is 11.8 Å². The number of hydrogen-bond donors (Lipinski definition) is 3. The van der Waals surface area contributed by atoms with Gasteiger partial charge in [-0.25, -0.2) is 0 Å². The second-order valence-electron chi connectivity index (χ2n) is 3.89. The van der Waals surface area contributed by atoms with Crippen LogP contribution in [0, 0.1) is 0 Å². The molecule has 0 radical (unpaired) electrons. The average molecular weight is 213 g/mol. The van der Waals surface area contributed by atoms with E-state index in [1.54, 1.807) is 0 Å². The lowest BCUT2D eigenvalue weighted by Crippen LogP contribution is -2.36. The Labute approximate surface area is 90.1 Å². The number of hydrogen-bond acceptors (Lipinski definition) is 3. The summed E-state index contributed by atoms with van der Waals surface area (Å²) in [5.74, 6) is -0.787. The van der Waals surface area contributed by atoms with E-state index in [-0.39, 0.29) is 23.7 Å². The minimum atomic E-state index is -0.427. The molecule has 0 aromatic heterocycles. The molecule has 0 spiro atoms. The highest BCUT2D eigenvalue weighted by molar-refractivity contribution is 6.00. The molecule has 86 valence electrons. The van der Waals surface area contributed by atoms with Crippen molar-refractivity contribution in [3.63, 3.8) is 0 Å². The number of amides is 2. The van der Waals surface area contributed by atoms with Gasteiger partial charge in [-0.1, -0.05) is 0 Å². The van der Waals surface area contributed by atoms with Crippen molar-refractivity contribution in [3.8, 4) is 0 Å². The third-order valence-corrected chi connectivity index (χ3v) is 1.40. The van der Waals surface area contributed by atoms with Crippen LogP contribution in [0.25, 0.3) is 0 Å². The normalized spacial score (nSPS) is 11.7. The summed E-state index contributed by atoms with van der Waals surface area (Å²) in [6, 6.07) is 0.0207. The van der Waals surface area contributed by atoms with Crippen LogP contribution >= 0.6 is 0 Å². The van der Waals surface area contributed by atoms with Gasteiger partial charge in [0.1, 0.15) is 5.70 Å². The molecule has 0 saturated carbocycles. The fraction of sp³-hybridized carbons (Fsp3) is 0.600. The molecule has 0 bridgehead atoms. The molecule has 0 aliphatic rings. The fourth-order valence-electron chi connectivity index (χ4n) is 0.878. The maximum absolute atomic E-state index is 11.3. The van der Waals surface area contributed by atoms with Crippen LogP contribution < -0.4 is 16.4 Å². The third-order valence-electron chi connectivity index (χ3n) is 1.40. The van der Waals surface area contributed by atoms with E-state index >= 15 is 0 Å². The Morgan fingerprint density at radius 2 is 1.53 bits per heavy atom. The molecule has 0 fully saturated rings. The molecule has 5 nitrogen and oxygen atoms in total. The van der Waals surface area contributed by atoms with Crippen molar-refractivity contribution in [1.82, 2.24) is 10.6 Å². The lowest BCUT2D eigenvalue weighted by atomic mass is 10.3. The second-order valence-corrected chi connectivity index (χ2v) is 3.89. The van der Waals surface area contributed by atoms with Crippen molar-refractivity contribution in [3.05, 3.63) is 11.8 Å². The molecule has 4 N–H and O–H groups in total. The maximum Gasteiger partial charge on any atom is 0.267 e. The number of nitrogens with one attached hydrogen (secondary N) is 2. The molecule has 0 heterocycles. The molecular weight excluding hydrogens is 194 g/mol. The van der Waals surface area contributed by atoms with Gasteiger partial charge in [0.05, 0.1) is 0 Å². The molecule has 2 amide bonds. The molecule has 15 heavy (non-hydrogen) atoms. The second kappa shape index (κ2) is 6.06. The summed E-state index contributed by atoms with van der Waals surface area (Å²) in [5, 5.41) is 5.20. The van der Waals surface area contributed by atoms with Crippen LogP contribution in [-0.2, 0) is 9.59 Å². The molecule has 0 aromatic rings. The number of rotatable bonds is 4. The van der Waals surface area contributed by atoms with Crippen LogP contribution in [0.4, 0.5) is 0 Å². The summed E-state index contributed by atoms with van der Waals surface area (Å²) >= 11 is 0. The summed E-state index contributed by atoms with van der Waals surface area (Å²) in [6.45, 7) is 7.30. The first kappa shape index (κ1) is 13.5. The molecule has 0 rings (SSSR count). The molecule has 0 aliphatic heterocycles. The molecule has 5 heteroatoms. The summed E-state index contributed by atoms with van der Waals surface area (Å²) in [7, 11) is 0. The van der Waals surface area contributed by atoms with Crippen LogP contribution in [0.3, 0.4) is 0 Å². The zero-order valence-corrected chi connectivity index (χ0v) is 9.63. The summed E-state index contributed by atoms with van der Waals surface area (Å²) in [6.07, 6.45) is 1.09. The zero-order chi connectivity index (χ0) is 12.0. The maximum atomic E-state index is 11.3. The van der Waals surface area contributed by atoms with Crippen molar-refractivity contribution in [1.29, 1.82) is 0 Å². The van der Waals surface area contributed by atoms with Crippen molar-refractivity contribution in [2.45, 2.75) is 39.8 Å². The quantitative estimate of drug-likeness (QED) is 0.569. The van der Waals surface area contributed by atoms with Crippen LogP contribution in [0.15, 0.2) is 11.8 Å². The Kier molecular flexibility index (Phi) is 5.44. The molecule has 0 aromatic carbocycles. The van der Waals surface area contributed by atoms with Gasteiger partial charge >= 0.3 is 0 Å². The lowest BCUT2D eigenvalue weighted by Gasteiger charge is -2.09. The topological polar surface area (TPSA) is 84.2 Å². The fourth-order valence-corrected chi connectivity index (χ4v) is 0.878. The van der Waals surface area contributed by atoms with Crippen molar-refractivity contribution < 1.29 is 9.59 Å². The van der Waals surface area contributed by atoms with Gasteiger partial charge in [-0.3, -0.25) is 9.59 Å². The van der Waals surface area contributed by atoms with E-state index in [0.717, 1.165) is 6.08 Å². The van der Waals surface area contributed by atoms with E-state index < -0.39 is 5.91 Å². The van der Waals surface area contributed by atoms with Gasteiger partial charge < -0.3 is 16.4 Å². The highest BCUT2D eigenvalue weighted by Crippen LogP contribution is 1.88. The number of carbonyl (C=O) groups excluding carboxylic acids is 2. The Hall–Kier alpha value is -1.52. The summed E-state index contributed by atoms with van der Waals surface area (Å²) in [5.41, 5.74) is 5.35. The highest BCUT2D eigenvalue weighted by Gasteiger charge is 2.08. The summed E-state index contributed by atoms with van der Waals surface area (Å²) < 4.78 is 0. The third kappa shape index (κ3) is 6.54. The number of nitrogens with two attached hydrogens (primary N) is 1.